The number of halogens is 2. The minimum atomic E-state index is 0. The molecule has 2 aromatic carbocycles. The van der Waals surface area contributed by atoms with Gasteiger partial charge in [-0.3, -0.25) is 24.3 Å². The van der Waals surface area contributed by atoms with Gasteiger partial charge in [0.2, 0.25) is 0 Å². The van der Waals surface area contributed by atoms with Crippen molar-refractivity contribution in [1.82, 2.24) is 9.13 Å². The topological polar surface area (TPSA) is 6.48 Å². The Morgan fingerprint density at radius 2 is 0.712 bits per heavy atom. The van der Waals surface area contributed by atoms with Crippen LogP contribution in [-0.2, 0) is 51.7 Å². The summed E-state index contributed by atoms with van der Waals surface area (Å²) in [6, 6.07) is 21.1. The molecule has 4 aliphatic carbocycles. The van der Waals surface area contributed by atoms with Crippen molar-refractivity contribution in [3.63, 3.8) is 0 Å². The zero-order chi connectivity index (χ0) is 34.6. The summed E-state index contributed by atoms with van der Waals surface area (Å²) < 4.78 is 4.74. The first-order valence-electron chi connectivity index (χ1n) is 16.3. The molecule has 0 fully saturated rings. The fourth-order valence-electron chi connectivity index (χ4n) is 3.88. The Kier molecular flexibility index (Phi) is 49.3. The van der Waals surface area contributed by atoms with E-state index >= 15 is 0 Å². The predicted molar refractivity (Wildman–Crippen MR) is 217 cm³/mol. The van der Waals surface area contributed by atoms with Crippen LogP contribution in [0.1, 0.15) is 25.7 Å². The zero-order valence-electron chi connectivity index (χ0n) is 30.3. The van der Waals surface area contributed by atoms with E-state index in [4.69, 9.17) is 0 Å². The third-order valence-electron chi connectivity index (χ3n) is 6.06. The quantitative estimate of drug-likeness (QED) is 0.183. The second kappa shape index (κ2) is 45.2. The van der Waals surface area contributed by atoms with Crippen LogP contribution in [0, 0.1) is 24.3 Å². The largest absolute Gasteiger partial charge is 1.00 e. The van der Waals surface area contributed by atoms with Gasteiger partial charge in [-0.1, -0.05) is 85.0 Å². The molecule has 4 aliphatic rings. The van der Waals surface area contributed by atoms with Crippen LogP contribution >= 0.6 is 0 Å². The van der Waals surface area contributed by atoms with Crippen LogP contribution in [0.25, 0.3) is 0 Å². The summed E-state index contributed by atoms with van der Waals surface area (Å²) in [5, 5.41) is 2.83. The van der Waals surface area contributed by atoms with Crippen LogP contribution in [0.5, 0.6) is 0 Å². The van der Waals surface area contributed by atoms with E-state index in [0.717, 1.165) is 51.9 Å². The van der Waals surface area contributed by atoms with Crippen LogP contribution in [0.15, 0.2) is 184 Å². The van der Waals surface area contributed by atoms with Gasteiger partial charge in [0, 0.05) is 77.9 Å². The fraction of sp³-hybridized carbons (Fsp3) is 0.182. The second-order valence-electron chi connectivity index (χ2n) is 10.2. The van der Waals surface area contributed by atoms with Gasteiger partial charge in [-0.15, -0.1) is 52.0 Å². The second-order valence-corrected chi connectivity index (χ2v) is 13.5. The van der Waals surface area contributed by atoms with Gasteiger partial charge < -0.3 is 33.9 Å². The molecule has 0 heterocycles. The molecule has 52 heavy (non-hydrogen) atoms. The third kappa shape index (κ3) is 36.4. The molecular weight excluding hydrogens is 1040 g/mol. The van der Waals surface area contributed by atoms with Gasteiger partial charge in [-0.05, 0) is 10.4 Å². The molecule has 0 aliphatic heterocycles. The van der Waals surface area contributed by atoms with Gasteiger partial charge in [0.25, 0.3) is 0 Å². The van der Waals surface area contributed by atoms with E-state index in [0.29, 0.717) is 0 Å². The Bertz CT molecular complexity index is 1160. The minimum absolute atomic E-state index is 0. The number of allylic oxidation sites excluding steroid dienone is 16. The van der Waals surface area contributed by atoms with E-state index in [1.165, 1.54) is 10.4 Å². The Balaban J connectivity index is -0.000000279. The molecule has 2 aromatic rings. The average Bonchev–Trinajstić information content (AvgIpc) is 3.97. The molecule has 0 saturated heterocycles. The van der Waals surface area contributed by atoms with E-state index in [9.17, 15) is 0 Å². The molecule has 8 heteroatoms. The summed E-state index contributed by atoms with van der Waals surface area (Å²) in [6.07, 6.45) is 47.8. The molecule has 0 atom stereocenters. The predicted octanol–water partition coefficient (Wildman–Crippen LogP) is 1.90. The van der Waals surface area contributed by atoms with E-state index < -0.39 is 0 Å². The summed E-state index contributed by atoms with van der Waals surface area (Å²) in [4.78, 5) is 0. The molecule has 0 saturated carbocycles. The Morgan fingerprint density at radius 1 is 0.462 bits per heavy atom. The van der Waals surface area contributed by atoms with E-state index in [1.807, 2.05) is 85.0 Å². The van der Waals surface area contributed by atoms with Crippen LogP contribution in [0.2, 0.25) is 0 Å². The average molecular weight is 1090 g/mol. The molecule has 0 spiro atoms. The Labute approximate surface area is 372 Å². The molecule has 0 N–H and O–H groups in total. The third-order valence-corrected chi connectivity index (χ3v) is 9.00. The van der Waals surface area contributed by atoms with Crippen molar-refractivity contribution in [2.75, 3.05) is 26.2 Å². The zero-order valence-corrected chi connectivity index (χ0v) is 41.3. The van der Waals surface area contributed by atoms with Gasteiger partial charge in [0.05, 0.1) is 0 Å². The maximum absolute atomic E-state index is 3.76. The monoisotopic (exact) mass is 1090 g/mol. The van der Waals surface area contributed by atoms with Crippen LogP contribution in [-0.4, -0.2) is 54.7 Å². The van der Waals surface area contributed by atoms with Crippen molar-refractivity contribution >= 4 is 29.7 Å². The molecule has 0 bridgehead atoms. The molecule has 0 unspecified atom stereocenters. The van der Waals surface area contributed by atoms with Gasteiger partial charge >= 0.3 is 0 Å². The first-order chi connectivity index (χ1) is 23.7. The summed E-state index contributed by atoms with van der Waals surface area (Å²) in [6.45, 7) is 18.8. The first-order valence-corrected chi connectivity index (χ1v) is 18.5. The number of rotatable bonds is 12. The SMILES string of the molecule is C=CCN(CC=C)[SiH]c1ccccc1.C=CCN(CC=C)[SiH]c1ccccc1.[C-]1=CC=CC1.[C-]1=CC=CC1.[C-]1=CC=CC1.[C-]1=CC=CC1.[Cl-].[Cl-].[Hf].[Hf]. The van der Waals surface area contributed by atoms with Gasteiger partial charge in [-0.25, -0.2) is 48.6 Å². The van der Waals surface area contributed by atoms with Crippen molar-refractivity contribution in [2.24, 2.45) is 0 Å². The van der Waals surface area contributed by atoms with E-state index in [1.54, 1.807) is 0 Å². The number of nitrogens with zero attached hydrogens (tertiary/aromatic N) is 2. The van der Waals surface area contributed by atoms with Crippen molar-refractivity contribution in [1.29, 1.82) is 0 Å². The van der Waals surface area contributed by atoms with Crippen molar-refractivity contribution in [3.05, 3.63) is 208 Å². The number of benzene rings is 2. The van der Waals surface area contributed by atoms with Crippen LogP contribution in [0.4, 0.5) is 0 Å². The van der Waals surface area contributed by atoms with Crippen molar-refractivity contribution in [2.45, 2.75) is 25.7 Å². The maximum atomic E-state index is 3.76. The normalized spacial score (nSPS) is 12.2. The van der Waals surface area contributed by atoms with Crippen LogP contribution < -0.4 is 35.2 Å². The summed E-state index contributed by atoms with van der Waals surface area (Å²) in [7, 11) is 0.371. The molecule has 0 aromatic heterocycles. The van der Waals surface area contributed by atoms with Crippen molar-refractivity contribution in [3.8, 4) is 0 Å². The van der Waals surface area contributed by atoms with E-state index in [-0.39, 0.29) is 95.9 Å². The van der Waals surface area contributed by atoms with E-state index in [2.05, 4.69) is 133 Å². The van der Waals surface area contributed by atoms with Crippen LogP contribution in [0.3, 0.4) is 0 Å². The van der Waals surface area contributed by atoms with Gasteiger partial charge in [0.15, 0.2) is 19.4 Å². The first kappa shape index (κ1) is 56.7. The standard InChI is InChI=1S/2C12H16NSi.4C5H5.2ClH.2Hf/c2*1-3-10-13(11-4-2)14-12-8-6-5-7-9-12;4*1-2-4-5-3-1;;;;/h2*3-9,14H,1-2,10-11H2;4*1-3H,4H2;2*1H;;/q;;4*-1;;;;/p-2. The molecule has 0 amide bonds. The Morgan fingerprint density at radius 3 is 0.865 bits per heavy atom. The molecule has 2 radical (unpaired) electrons. The fourth-order valence-corrected chi connectivity index (χ4v) is 6.53. The van der Waals surface area contributed by atoms with Gasteiger partial charge in [0.1, 0.15) is 0 Å². The molecule has 2 nitrogen and oxygen atoms in total. The summed E-state index contributed by atoms with van der Waals surface area (Å²) in [5.41, 5.74) is 0. The molecule has 274 valence electrons. The molecule has 6 rings (SSSR count). The number of hydrogen-bond donors (Lipinski definition) is 0. The van der Waals surface area contributed by atoms with Crippen molar-refractivity contribution < 1.29 is 76.5 Å². The minimum Gasteiger partial charge on any atom is -1.00 e. The summed E-state index contributed by atoms with van der Waals surface area (Å²) in [5.74, 6) is 0. The smallest absolute Gasteiger partial charge is 0.153 e. The van der Waals surface area contributed by atoms with Gasteiger partial charge in [-0.2, -0.15) is 24.3 Å². The summed E-state index contributed by atoms with van der Waals surface area (Å²) >= 11 is 0. The molecular formula is C44H52Cl2Hf2N2Si2-6. The maximum Gasteiger partial charge on any atom is 0.153 e. The number of hydrogen-bond acceptors (Lipinski definition) is 2. The Hall–Kier alpha value is -2.01.